The summed E-state index contributed by atoms with van der Waals surface area (Å²) in [6, 6.07) is 3.77. The Morgan fingerprint density at radius 2 is 2.13 bits per heavy atom. The van der Waals surface area contributed by atoms with Gasteiger partial charge in [0.1, 0.15) is 5.17 Å². The number of dihydropyridines is 1. The van der Waals surface area contributed by atoms with Gasteiger partial charge in [-0.3, -0.25) is 19.6 Å². The summed E-state index contributed by atoms with van der Waals surface area (Å²) < 4.78 is 38.0. The van der Waals surface area contributed by atoms with Crippen LogP contribution in [0.5, 0.6) is 0 Å². The lowest BCUT2D eigenvalue weighted by Gasteiger charge is -2.29. The first kappa shape index (κ1) is 25.4. The zero-order valence-electron chi connectivity index (χ0n) is 17.4. The van der Waals surface area contributed by atoms with Crippen LogP contribution in [0.3, 0.4) is 0 Å². The van der Waals surface area contributed by atoms with Crippen molar-refractivity contribution in [1.29, 1.82) is 0 Å². The molecule has 0 N–H and O–H groups in total. The number of aryl methyl sites for hydroxylation is 1. The Morgan fingerprint density at radius 3 is 2.74 bits per heavy atom. The van der Waals surface area contributed by atoms with Crippen LogP contribution in [0, 0.1) is 11.8 Å². The second kappa shape index (κ2) is 11.7. The van der Waals surface area contributed by atoms with E-state index in [0.717, 1.165) is 10.5 Å². The molecule has 1 aliphatic rings. The van der Waals surface area contributed by atoms with E-state index >= 15 is 0 Å². The lowest BCUT2D eigenvalue weighted by atomic mass is 9.97. The lowest BCUT2D eigenvalue weighted by Crippen LogP contribution is -2.43. The van der Waals surface area contributed by atoms with Crippen molar-refractivity contribution in [2.24, 2.45) is 16.8 Å². The molecule has 0 spiro atoms. The van der Waals surface area contributed by atoms with E-state index in [4.69, 9.17) is 11.6 Å². The molecule has 0 saturated carbocycles. The number of aliphatic imine (C=N–C) groups is 1. The molecule has 0 bridgehead atoms. The van der Waals surface area contributed by atoms with Gasteiger partial charge in [0.15, 0.2) is 0 Å². The van der Waals surface area contributed by atoms with Gasteiger partial charge >= 0.3 is 6.18 Å². The van der Waals surface area contributed by atoms with Gasteiger partial charge in [-0.2, -0.15) is 24.9 Å². The Balaban J connectivity index is 2.25. The normalized spacial score (nSPS) is 17.5. The minimum atomic E-state index is -4.50. The first-order valence-electron chi connectivity index (χ1n) is 9.86. The van der Waals surface area contributed by atoms with E-state index in [0.29, 0.717) is 25.1 Å². The zero-order chi connectivity index (χ0) is 23.0. The molecule has 2 heterocycles. The maximum Gasteiger partial charge on any atom is 0.389 e. The van der Waals surface area contributed by atoms with Crippen molar-refractivity contribution in [2.45, 2.75) is 38.8 Å². The van der Waals surface area contributed by atoms with Crippen LogP contribution in [-0.2, 0) is 16.0 Å². The second-order valence-corrected chi connectivity index (χ2v) is 8.65. The third-order valence-electron chi connectivity index (χ3n) is 4.77. The van der Waals surface area contributed by atoms with Crippen molar-refractivity contribution in [3.05, 3.63) is 41.9 Å². The van der Waals surface area contributed by atoms with Crippen LogP contribution in [0.4, 0.5) is 13.2 Å². The number of carbonyl (C=O) groups excluding carboxylic acids is 2. The van der Waals surface area contributed by atoms with E-state index < -0.39 is 36.8 Å². The summed E-state index contributed by atoms with van der Waals surface area (Å²) in [4.78, 5) is 34.8. The monoisotopic (exact) mass is 475 g/mol. The molecule has 2 amide bonds. The number of hydrogen-bond donors (Lipinski definition) is 0. The number of thioether (sulfide) groups is 1. The number of nitrogens with zero attached hydrogens (tertiary/aromatic N) is 3. The molecule has 2 atom stereocenters. The van der Waals surface area contributed by atoms with Gasteiger partial charge in [0, 0.05) is 37.0 Å². The highest BCUT2D eigenvalue weighted by Crippen LogP contribution is 2.27. The number of amides is 2. The van der Waals surface area contributed by atoms with E-state index in [1.165, 1.54) is 11.8 Å². The molecule has 0 radical (unpaired) electrons. The van der Waals surface area contributed by atoms with E-state index in [9.17, 15) is 22.8 Å². The highest BCUT2D eigenvalue weighted by Gasteiger charge is 2.35. The number of rotatable bonds is 9. The number of imide groups is 1. The summed E-state index contributed by atoms with van der Waals surface area (Å²) in [6.45, 7) is 2.01. The topological polar surface area (TPSA) is 62.6 Å². The largest absolute Gasteiger partial charge is 0.389 e. The summed E-state index contributed by atoms with van der Waals surface area (Å²) in [5, 5.41) is -0.0392. The van der Waals surface area contributed by atoms with Gasteiger partial charge in [0.05, 0.1) is 12.1 Å². The predicted molar refractivity (Wildman–Crippen MR) is 117 cm³/mol. The molecule has 5 nitrogen and oxygen atoms in total. The molecule has 0 aromatic carbocycles. The summed E-state index contributed by atoms with van der Waals surface area (Å²) >= 11 is 7.63. The number of carbonyl (C=O) groups is 2. The first-order valence-corrected chi connectivity index (χ1v) is 11.6. The molecule has 0 fully saturated rings. The molecule has 1 aliphatic heterocycles. The molecule has 2 unspecified atom stereocenters. The number of aromatic nitrogens is 1. The van der Waals surface area contributed by atoms with Crippen LogP contribution in [0.1, 0.15) is 31.7 Å². The lowest BCUT2D eigenvalue weighted by molar-refractivity contribution is -0.153. The minimum Gasteiger partial charge on any atom is -0.274 e. The molecule has 0 aliphatic carbocycles. The Hall–Kier alpha value is -1.87. The van der Waals surface area contributed by atoms with E-state index in [-0.39, 0.29) is 16.8 Å². The third kappa shape index (κ3) is 7.96. The van der Waals surface area contributed by atoms with Crippen LogP contribution >= 0.6 is 23.4 Å². The average molecular weight is 476 g/mol. The molecule has 170 valence electrons. The SMILES string of the molecule is CSCC(C)C(=O)N(C(=O)CCC(F)(F)F)C1=CC(CCc2cccnc2)CN=C1Cl. The maximum absolute atomic E-state index is 13.0. The van der Waals surface area contributed by atoms with Crippen molar-refractivity contribution < 1.29 is 22.8 Å². The Labute approximate surface area is 189 Å². The summed E-state index contributed by atoms with van der Waals surface area (Å²) in [5.41, 5.74) is 1.11. The standard InChI is InChI=1S/C21H25ClF3N3O2S/c1-14(13-31-2)20(30)28(18(29)7-8-21(23,24)25)17-10-16(12-27-19(17)22)6-5-15-4-3-9-26-11-15/h3-4,9-11,14,16H,5-8,12-13H2,1-2H3. The fourth-order valence-corrected chi connectivity index (χ4v) is 4.00. The number of allylic oxidation sites excluding steroid dienone is 1. The number of halogens is 4. The second-order valence-electron chi connectivity index (χ2n) is 7.38. The number of hydrogen-bond acceptors (Lipinski definition) is 5. The molecular formula is C21H25ClF3N3O2S. The quantitative estimate of drug-likeness (QED) is 0.511. The van der Waals surface area contributed by atoms with Gasteiger partial charge in [-0.05, 0) is 36.6 Å². The molecule has 1 aromatic rings. The van der Waals surface area contributed by atoms with Crippen molar-refractivity contribution in [3.8, 4) is 0 Å². The number of pyridine rings is 1. The van der Waals surface area contributed by atoms with Gasteiger partial charge in [-0.1, -0.05) is 30.7 Å². The summed E-state index contributed by atoms with van der Waals surface area (Å²) in [6.07, 6.45) is 1.66. The van der Waals surface area contributed by atoms with Crippen LogP contribution in [0.15, 0.2) is 41.3 Å². The highest BCUT2D eigenvalue weighted by molar-refractivity contribution is 7.98. The molecule has 10 heteroatoms. The predicted octanol–water partition coefficient (Wildman–Crippen LogP) is 4.86. The molecule has 2 rings (SSSR count). The Kier molecular flexibility index (Phi) is 9.55. The van der Waals surface area contributed by atoms with Gasteiger partial charge in [-0.25, -0.2) is 4.90 Å². The van der Waals surface area contributed by atoms with Crippen molar-refractivity contribution in [3.63, 3.8) is 0 Å². The Bertz CT molecular complexity index is 831. The van der Waals surface area contributed by atoms with Crippen LogP contribution in [-0.4, -0.2) is 51.6 Å². The van der Waals surface area contributed by atoms with Gasteiger partial charge < -0.3 is 0 Å². The average Bonchev–Trinajstić information content (AvgIpc) is 2.73. The smallest absolute Gasteiger partial charge is 0.274 e. The first-order chi connectivity index (χ1) is 14.6. The number of alkyl halides is 3. The van der Waals surface area contributed by atoms with E-state index in [2.05, 4.69) is 9.98 Å². The van der Waals surface area contributed by atoms with E-state index in [1.807, 2.05) is 18.4 Å². The van der Waals surface area contributed by atoms with Crippen LogP contribution in [0.2, 0.25) is 0 Å². The van der Waals surface area contributed by atoms with E-state index in [1.54, 1.807) is 25.4 Å². The zero-order valence-corrected chi connectivity index (χ0v) is 18.9. The molecule has 0 saturated heterocycles. The Morgan fingerprint density at radius 1 is 1.39 bits per heavy atom. The summed E-state index contributed by atoms with van der Waals surface area (Å²) in [5.74, 6) is -1.75. The fraction of sp³-hybridized carbons (Fsp3) is 0.524. The van der Waals surface area contributed by atoms with Crippen molar-refractivity contribution >= 4 is 40.3 Å². The van der Waals surface area contributed by atoms with Gasteiger partial charge in [0.25, 0.3) is 0 Å². The van der Waals surface area contributed by atoms with Gasteiger partial charge in [-0.15, -0.1) is 0 Å². The van der Waals surface area contributed by atoms with Gasteiger partial charge in [0.2, 0.25) is 11.8 Å². The highest BCUT2D eigenvalue weighted by atomic mass is 35.5. The fourth-order valence-electron chi connectivity index (χ4n) is 3.14. The molecule has 1 aromatic heterocycles. The van der Waals surface area contributed by atoms with Crippen LogP contribution < -0.4 is 0 Å². The third-order valence-corrected chi connectivity index (χ3v) is 5.91. The van der Waals surface area contributed by atoms with Crippen molar-refractivity contribution in [1.82, 2.24) is 9.88 Å². The van der Waals surface area contributed by atoms with Crippen molar-refractivity contribution in [2.75, 3.05) is 18.6 Å². The summed E-state index contributed by atoms with van der Waals surface area (Å²) in [7, 11) is 0. The minimum absolute atomic E-state index is 0.0392. The molecule has 31 heavy (non-hydrogen) atoms. The maximum atomic E-state index is 13.0. The van der Waals surface area contributed by atoms with Crippen LogP contribution in [0.25, 0.3) is 0 Å². The molecular weight excluding hydrogens is 451 g/mol.